The molecule has 5 rings (SSSR count). The van der Waals surface area contributed by atoms with Crippen LogP contribution in [0.5, 0.6) is 0 Å². The number of fused-ring (bicyclic) bond motifs is 5. The number of aliphatic hydroxyl groups excluding tert-OH is 2. The summed E-state index contributed by atoms with van der Waals surface area (Å²) in [6, 6.07) is 4.51. The van der Waals surface area contributed by atoms with Crippen molar-refractivity contribution in [3.63, 3.8) is 0 Å². The van der Waals surface area contributed by atoms with E-state index in [0.717, 1.165) is 12.1 Å². The van der Waals surface area contributed by atoms with E-state index in [9.17, 15) is 37.6 Å². The minimum Gasteiger partial charge on any atom is -0.446 e. The SMILES string of the molecule is C[C@@H]1C[C@H]2[C@@H]3CCC4=CC(=O)C=C[C@]4(C)[C@@]3(F)[C@@H](O)C[C@]2(C)[C@@]1(OC(=O)c1cccc(S(=O)(=O)O)c1)C(=O)CO. The summed E-state index contributed by atoms with van der Waals surface area (Å²) in [5, 5.41) is 21.6. The molecule has 0 bridgehead atoms. The van der Waals surface area contributed by atoms with Crippen LogP contribution in [0.15, 0.2) is 53.0 Å². The lowest BCUT2D eigenvalue weighted by Crippen LogP contribution is -2.70. The molecule has 0 amide bonds. The molecule has 4 aliphatic rings. The van der Waals surface area contributed by atoms with Crippen molar-refractivity contribution in [3.8, 4) is 0 Å². The Morgan fingerprint density at radius 1 is 1.20 bits per heavy atom. The molecule has 3 saturated carbocycles. The normalized spacial score (nSPS) is 40.5. The Morgan fingerprint density at radius 2 is 1.90 bits per heavy atom. The number of carbonyl (C=O) groups is 3. The quantitative estimate of drug-likeness (QED) is 0.354. The number of benzene rings is 1. The van der Waals surface area contributed by atoms with Crippen molar-refractivity contribution in [2.75, 3.05) is 6.61 Å². The number of rotatable bonds is 5. The zero-order chi connectivity index (χ0) is 29.5. The van der Waals surface area contributed by atoms with E-state index < -0.39 is 79.3 Å². The fraction of sp³-hybridized carbons (Fsp3) is 0.552. The van der Waals surface area contributed by atoms with Gasteiger partial charge in [0.15, 0.2) is 17.1 Å². The largest absolute Gasteiger partial charge is 0.446 e. The molecule has 3 N–H and O–H groups in total. The molecule has 1 aromatic rings. The van der Waals surface area contributed by atoms with Crippen molar-refractivity contribution in [2.24, 2.45) is 28.6 Å². The molecule has 0 radical (unpaired) electrons. The predicted molar refractivity (Wildman–Crippen MR) is 139 cm³/mol. The van der Waals surface area contributed by atoms with Crippen LogP contribution in [-0.2, 0) is 24.4 Å². The topological polar surface area (TPSA) is 155 Å². The number of esters is 1. The Bertz CT molecular complexity index is 1470. The fourth-order valence-electron chi connectivity index (χ4n) is 8.50. The second kappa shape index (κ2) is 9.14. The van der Waals surface area contributed by atoms with E-state index >= 15 is 4.39 Å². The minimum atomic E-state index is -4.63. The maximum atomic E-state index is 17.4. The lowest BCUT2D eigenvalue weighted by molar-refractivity contribution is -0.219. The number of Topliss-reactive ketones (excluding diaryl/α,β-unsaturated/α-hetero) is 1. The Kier molecular flexibility index (Phi) is 6.58. The molecule has 0 heterocycles. The number of ketones is 2. The standard InChI is InChI=1S/C29H33FO9S/c1-16-11-22-21-8-7-18-13-19(32)9-10-26(18,2)28(21,30)23(33)14-27(22,3)29(16,24(34)15-31)39-25(35)17-5-4-6-20(12-17)40(36,37)38/h4-6,9-10,12-13,16,21-23,31,33H,7-8,11,14-15H2,1-3H3,(H,36,37,38)/t16-,21+,22+,23+,26+,27+,28+,29+/m1/s1. The van der Waals surface area contributed by atoms with Crippen LogP contribution in [0, 0.1) is 28.6 Å². The number of hydrogen-bond donors (Lipinski definition) is 3. The highest BCUT2D eigenvalue weighted by Crippen LogP contribution is 2.71. The summed E-state index contributed by atoms with van der Waals surface area (Å²) >= 11 is 0. The van der Waals surface area contributed by atoms with Gasteiger partial charge in [0.25, 0.3) is 10.1 Å². The van der Waals surface area contributed by atoms with E-state index in [1.54, 1.807) is 20.8 Å². The van der Waals surface area contributed by atoms with Crippen molar-refractivity contribution in [1.29, 1.82) is 0 Å². The molecule has 11 heteroatoms. The first kappa shape index (κ1) is 28.8. The third-order valence-electron chi connectivity index (χ3n) is 10.4. The van der Waals surface area contributed by atoms with Gasteiger partial charge in [-0.1, -0.05) is 31.6 Å². The second-order valence-corrected chi connectivity index (χ2v) is 13.5. The lowest BCUT2D eigenvalue weighted by Gasteiger charge is -2.62. The molecule has 8 atom stereocenters. The van der Waals surface area contributed by atoms with Crippen LogP contribution in [0.25, 0.3) is 0 Å². The molecule has 40 heavy (non-hydrogen) atoms. The van der Waals surface area contributed by atoms with E-state index in [4.69, 9.17) is 4.74 Å². The monoisotopic (exact) mass is 576 g/mol. The maximum Gasteiger partial charge on any atom is 0.339 e. The van der Waals surface area contributed by atoms with Crippen LogP contribution < -0.4 is 0 Å². The van der Waals surface area contributed by atoms with Crippen LogP contribution in [-0.4, -0.2) is 64.7 Å². The van der Waals surface area contributed by atoms with Gasteiger partial charge in [-0.15, -0.1) is 0 Å². The predicted octanol–water partition coefficient (Wildman–Crippen LogP) is 3.01. The van der Waals surface area contributed by atoms with Gasteiger partial charge in [0.2, 0.25) is 5.78 Å². The highest BCUT2D eigenvalue weighted by molar-refractivity contribution is 7.85. The van der Waals surface area contributed by atoms with Crippen LogP contribution >= 0.6 is 0 Å². The summed E-state index contributed by atoms with van der Waals surface area (Å²) in [6.45, 7) is 4.06. The first-order chi connectivity index (χ1) is 18.6. The van der Waals surface area contributed by atoms with Gasteiger partial charge in [-0.3, -0.25) is 14.1 Å². The summed E-state index contributed by atoms with van der Waals surface area (Å²) in [5.41, 5.74) is -6.27. The summed E-state index contributed by atoms with van der Waals surface area (Å²) in [6.07, 6.45) is 3.39. The van der Waals surface area contributed by atoms with Gasteiger partial charge < -0.3 is 14.9 Å². The Labute approximate surface area is 231 Å². The molecule has 0 saturated heterocycles. The van der Waals surface area contributed by atoms with Gasteiger partial charge in [-0.25, -0.2) is 9.18 Å². The smallest absolute Gasteiger partial charge is 0.339 e. The minimum absolute atomic E-state index is 0.239. The van der Waals surface area contributed by atoms with Crippen LogP contribution in [0.4, 0.5) is 4.39 Å². The number of ether oxygens (including phenoxy) is 1. The number of alkyl halides is 1. The maximum absolute atomic E-state index is 17.4. The molecular formula is C29H33FO9S. The first-order valence-electron chi connectivity index (χ1n) is 13.3. The second-order valence-electron chi connectivity index (χ2n) is 12.1. The van der Waals surface area contributed by atoms with Gasteiger partial charge in [-0.2, -0.15) is 8.42 Å². The lowest BCUT2D eigenvalue weighted by atomic mass is 9.44. The summed E-state index contributed by atoms with van der Waals surface area (Å²) in [7, 11) is -4.63. The molecule has 0 aromatic heterocycles. The van der Waals surface area contributed by atoms with Gasteiger partial charge in [0.05, 0.1) is 16.6 Å². The first-order valence-corrected chi connectivity index (χ1v) is 14.8. The summed E-state index contributed by atoms with van der Waals surface area (Å²) in [4.78, 5) is 38.6. The zero-order valence-corrected chi connectivity index (χ0v) is 23.3. The van der Waals surface area contributed by atoms with Gasteiger partial charge >= 0.3 is 5.97 Å². The number of allylic oxidation sites excluding steroid dienone is 4. The van der Waals surface area contributed by atoms with E-state index in [1.807, 2.05) is 0 Å². The number of hydrogen-bond acceptors (Lipinski definition) is 8. The molecule has 216 valence electrons. The zero-order valence-electron chi connectivity index (χ0n) is 22.5. The molecule has 9 nitrogen and oxygen atoms in total. The van der Waals surface area contributed by atoms with E-state index in [2.05, 4.69) is 0 Å². The van der Waals surface area contributed by atoms with Crippen molar-refractivity contribution >= 4 is 27.7 Å². The molecule has 0 spiro atoms. The molecule has 0 unspecified atom stereocenters. The third-order valence-corrected chi connectivity index (χ3v) is 11.2. The number of halogens is 1. The Hall–Kier alpha value is -2.73. The molecule has 3 fully saturated rings. The molecule has 4 aliphatic carbocycles. The van der Waals surface area contributed by atoms with Crippen molar-refractivity contribution in [3.05, 3.63) is 53.6 Å². The van der Waals surface area contributed by atoms with Crippen LogP contribution in [0.3, 0.4) is 0 Å². The number of carbonyl (C=O) groups excluding carboxylic acids is 3. The van der Waals surface area contributed by atoms with Crippen molar-refractivity contribution < 1.29 is 46.7 Å². The highest BCUT2D eigenvalue weighted by atomic mass is 32.2. The van der Waals surface area contributed by atoms with E-state index in [1.165, 1.54) is 30.4 Å². The van der Waals surface area contributed by atoms with E-state index in [-0.39, 0.29) is 24.2 Å². The van der Waals surface area contributed by atoms with Gasteiger partial charge in [-0.05, 0) is 68.9 Å². The average Bonchev–Trinajstić information content (AvgIpc) is 3.11. The summed E-state index contributed by atoms with van der Waals surface area (Å²) in [5.74, 6) is -4.06. The summed E-state index contributed by atoms with van der Waals surface area (Å²) < 4.78 is 56.1. The van der Waals surface area contributed by atoms with Crippen LogP contribution in [0.2, 0.25) is 0 Å². The average molecular weight is 577 g/mol. The number of aliphatic hydroxyl groups is 2. The fourth-order valence-corrected chi connectivity index (χ4v) is 9.03. The molecule has 0 aliphatic heterocycles. The Balaban J connectivity index is 1.59. The molecule has 1 aromatic carbocycles. The van der Waals surface area contributed by atoms with E-state index in [0.29, 0.717) is 18.4 Å². The van der Waals surface area contributed by atoms with Gasteiger partial charge in [0.1, 0.15) is 6.61 Å². The highest BCUT2D eigenvalue weighted by Gasteiger charge is 2.77. The molecular weight excluding hydrogens is 543 g/mol. The van der Waals surface area contributed by atoms with Crippen molar-refractivity contribution in [1.82, 2.24) is 0 Å². The Morgan fingerprint density at radius 3 is 2.55 bits per heavy atom. The van der Waals surface area contributed by atoms with Crippen LogP contribution in [0.1, 0.15) is 56.8 Å². The third kappa shape index (κ3) is 3.67. The van der Waals surface area contributed by atoms with Gasteiger partial charge in [0, 0.05) is 22.7 Å². The van der Waals surface area contributed by atoms with Crippen molar-refractivity contribution in [2.45, 2.75) is 68.7 Å².